The van der Waals surface area contributed by atoms with Crippen molar-refractivity contribution in [3.05, 3.63) is 60.2 Å². The summed E-state index contributed by atoms with van der Waals surface area (Å²) in [4.78, 5) is 12.7. The molecule has 0 spiro atoms. The summed E-state index contributed by atoms with van der Waals surface area (Å²) >= 11 is 0. The number of rotatable bonds is 6. The zero-order valence-corrected chi connectivity index (χ0v) is 13.6. The van der Waals surface area contributed by atoms with Gasteiger partial charge in [-0.25, -0.2) is 9.37 Å². The molecule has 0 unspecified atom stereocenters. The maximum Gasteiger partial charge on any atom is 0.225 e. The molecule has 3 N–H and O–H groups in total. The Bertz CT molecular complexity index is 942. The lowest BCUT2D eigenvalue weighted by atomic mass is 10.1. The van der Waals surface area contributed by atoms with Crippen LogP contribution in [-0.4, -0.2) is 33.2 Å². The minimum atomic E-state index is -0.612. The van der Waals surface area contributed by atoms with Crippen LogP contribution in [0.3, 0.4) is 0 Å². The molecule has 26 heavy (non-hydrogen) atoms. The van der Waals surface area contributed by atoms with Gasteiger partial charge in [0, 0.05) is 30.6 Å². The van der Waals surface area contributed by atoms with Gasteiger partial charge in [-0.15, -0.1) is 0 Å². The second kappa shape index (κ2) is 8.00. The van der Waals surface area contributed by atoms with E-state index < -0.39 is 5.82 Å². The molecule has 3 rings (SSSR count). The molecule has 0 saturated carbocycles. The van der Waals surface area contributed by atoms with Crippen LogP contribution in [0.1, 0.15) is 5.56 Å². The van der Waals surface area contributed by atoms with Gasteiger partial charge in [0.05, 0.1) is 18.0 Å². The first-order valence-electron chi connectivity index (χ1n) is 7.81. The molecule has 0 saturated heterocycles. The van der Waals surface area contributed by atoms with Crippen molar-refractivity contribution in [1.82, 2.24) is 15.0 Å². The van der Waals surface area contributed by atoms with Gasteiger partial charge in [0.2, 0.25) is 5.95 Å². The third kappa shape index (κ3) is 3.91. The third-order valence-electron chi connectivity index (χ3n) is 3.49. The summed E-state index contributed by atoms with van der Waals surface area (Å²) in [5.74, 6) is 0.0691. The highest BCUT2D eigenvalue weighted by Crippen LogP contribution is 2.25. The number of nitrogens with one attached hydrogen (secondary N) is 2. The van der Waals surface area contributed by atoms with Crippen LogP contribution >= 0.6 is 0 Å². The van der Waals surface area contributed by atoms with Crippen LogP contribution in [0.4, 0.5) is 21.8 Å². The number of aliphatic hydroxyl groups excluding tert-OH is 1. The number of hydrogen-bond acceptors (Lipinski definition) is 7. The Labute approximate surface area is 149 Å². The van der Waals surface area contributed by atoms with Crippen LogP contribution in [0, 0.1) is 17.1 Å². The average molecular weight is 350 g/mol. The summed E-state index contributed by atoms with van der Waals surface area (Å²) < 4.78 is 13.8. The Hall–Kier alpha value is -3.57. The first-order chi connectivity index (χ1) is 12.7. The first kappa shape index (κ1) is 17.3. The quantitative estimate of drug-likeness (QED) is 0.627. The minimum Gasteiger partial charge on any atom is -0.395 e. The summed E-state index contributed by atoms with van der Waals surface area (Å²) in [5.41, 5.74) is 1.64. The fourth-order valence-corrected chi connectivity index (χ4v) is 2.31. The van der Waals surface area contributed by atoms with Crippen molar-refractivity contribution in [3.63, 3.8) is 0 Å². The zero-order valence-electron chi connectivity index (χ0n) is 13.6. The van der Waals surface area contributed by atoms with Gasteiger partial charge in [0.15, 0.2) is 0 Å². The number of aliphatic hydroxyl groups is 1. The van der Waals surface area contributed by atoms with Gasteiger partial charge >= 0.3 is 0 Å². The van der Waals surface area contributed by atoms with E-state index in [4.69, 9.17) is 5.11 Å². The summed E-state index contributed by atoms with van der Waals surface area (Å²) in [6.07, 6.45) is 3.29. The largest absolute Gasteiger partial charge is 0.395 e. The van der Waals surface area contributed by atoms with Gasteiger partial charge in [-0.2, -0.15) is 10.2 Å². The molecule has 0 aliphatic heterocycles. The van der Waals surface area contributed by atoms with Crippen molar-refractivity contribution in [3.8, 4) is 17.3 Å². The highest BCUT2D eigenvalue weighted by Gasteiger charge is 2.11. The molecular formula is C18H15FN6O. The Kier molecular flexibility index (Phi) is 5.31. The number of aromatic nitrogens is 3. The lowest BCUT2D eigenvalue weighted by molar-refractivity contribution is 0.311. The van der Waals surface area contributed by atoms with Crippen molar-refractivity contribution >= 4 is 17.5 Å². The molecule has 7 nitrogen and oxygen atoms in total. The van der Waals surface area contributed by atoms with Crippen LogP contribution in [-0.2, 0) is 0 Å². The van der Waals surface area contributed by atoms with E-state index in [0.29, 0.717) is 23.1 Å². The lowest BCUT2D eigenvalue weighted by Gasteiger charge is -2.12. The van der Waals surface area contributed by atoms with Gasteiger partial charge in [0.25, 0.3) is 0 Å². The number of pyridine rings is 1. The predicted molar refractivity (Wildman–Crippen MR) is 95.2 cm³/mol. The van der Waals surface area contributed by atoms with Crippen LogP contribution < -0.4 is 10.6 Å². The number of nitrogens with zero attached hydrogens (tertiary/aromatic N) is 4. The standard InChI is InChI=1S/C18H15FN6O/c19-14-2-1-3-15(13(14)11-20)23-17-10-16(12-4-6-21-7-5-12)24-18(25-17)22-8-9-26/h1-7,10,26H,8-9H2,(H2,22,23,24,25). The zero-order chi connectivity index (χ0) is 18.4. The topological polar surface area (TPSA) is 107 Å². The highest BCUT2D eigenvalue weighted by atomic mass is 19.1. The monoisotopic (exact) mass is 350 g/mol. The van der Waals surface area contributed by atoms with Crippen molar-refractivity contribution < 1.29 is 9.50 Å². The lowest BCUT2D eigenvalue weighted by Crippen LogP contribution is -2.10. The second-order valence-corrected chi connectivity index (χ2v) is 5.25. The molecule has 0 atom stereocenters. The Balaban J connectivity index is 2.01. The third-order valence-corrected chi connectivity index (χ3v) is 3.49. The molecule has 0 fully saturated rings. The molecule has 2 heterocycles. The highest BCUT2D eigenvalue weighted by molar-refractivity contribution is 5.70. The van der Waals surface area contributed by atoms with E-state index in [1.54, 1.807) is 36.7 Å². The van der Waals surface area contributed by atoms with E-state index in [0.717, 1.165) is 5.56 Å². The molecular weight excluding hydrogens is 335 g/mol. The van der Waals surface area contributed by atoms with Gasteiger partial charge in [-0.05, 0) is 24.3 Å². The molecule has 0 radical (unpaired) electrons. The second-order valence-electron chi connectivity index (χ2n) is 5.25. The summed E-state index contributed by atoms with van der Waals surface area (Å²) in [6.45, 7) is 0.205. The normalized spacial score (nSPS) is 10.2. The van der Waals surface area contributed by atoms with Crippen molar-refractivity contribution in [1.29, 1.82) is 5.26 Å². The van der Waals surface area contributed by atoms with E-state index in [-0.39, 0.29) is 18.7 Å². The minimum absolute atomic E-state index is 0.0753. The molecule has 0 amide bonds. The molecule has 0 aliphatic rings. The van der Waals surface area contributed by atoms with Crippen LogP contribution in [0.5, 0.6) is 0 Å². The maximum atomic E-state index is 13.8. The molecule has 1 aromatic carbocycles. The summed E-state index contributed by atoms with van der Waals surface area (Å²) in [7, 11) is 0. The fourth-order valence-electron chi connectivity index (χ4n) is 2.31. The van der Waals surface area contributed by atoms with Crippen LogP contribution in [0.2, 0.25) is 0 Å². The van der Waals surface area contributed by atoms with Gasteiger partial charge in [-0.1, -0.05) is 6.07 Å². The van der Waals surface area contributed by atoms with Gasteiger partial charge in [0.1, 0.15) is 23.3 Å². The molecule has 0 aliphatic carbocycles. The number of anilines is 3. The smallest absolute Gasteiger partial charge is 0.225 e. The maximum absolute atomic E-state index is 13.8. The number of nitriles is 1. The number of halogens is 1. The van der Waals surface area contributed by atoms with Crippen molar-refractivity contribution in [2.45, 2.75) is 0 Å². The fraction of sp³-hybridized carbons (Fsp3) is 0.111. The van der Waals surface area contributed by atoms with Crippen molar-refractivity contribution in [2.75, 3.05) is 23.8 Å². The van der Waals surface area contributed by atoms with Gasteiger partial charge < -0.3 is 15.7 Å². The summed E-state index contributed by atoms with van der Waals surface area (Å²) in [5, 5.41) is 24.0. The molecule has 130 valence electrons. The molecule has 3 aromatic rings. The van der Waals surface area contributed by atoms with E-state index in [9.17, 15) is 9.65 Å². The van der Waals surface area contributed by atoms with E-state index in [2.05, 4.69) is 25.6 Å². The van der Waals surface area contributed by atoms with E-state index in [1.807, 2.05) is 6.07 Å². The SMILES string of the molecule is N#Cc1c(F)cccc1Nc1cc(-c2ccncc2)nc(NCCO)n1. The first-order valence-corrected chi connectivity index (χ1v) is 7.81. The Morgan fingerprint density at radius 3 is 2.69 bits per heavy atom. The molecule has 0 bridgehead atoms. The van der Waals surface area contributed by atoms with Gasteiger partial charge in [-0.3, -0.25) is 4.98 Å². The van der Waals surface area contributed by atoms with Crippen LogP contribution in [0.15, 0.2) is 48.8 Å². The number of benzene rings is 1. The predicted octanol–water partition coefficient (Wildman–Crippen LogP) is 2.70. The van der Waals surface area contributed by atoms with Crippen molar-refractivity contribution in [2.24, 2.45) is 0 Å². The van der Waals surface area contributed by atoms with E-state index >= 15 is 0 Å². The Morgan fingerprint density at radius 2 is 1.96 bits per heavy atom. The molecule has 2 aromatic heterocycles. The number of hydrogen-bond donors (Lipinski definition) is 3. The van der Waals surface area contributed by atoms with E-state index in [1.165, 1.54) is 12.1 Å². The Morgan fingerprint density at radius 1 is 1.15 bits per heavy atom. The average Bonchev–Trinajstić information content (AvgIpc) is 2.67. The molecule has 8 heteroatoms. The van der Waals surface area contributed by atoms with Crippen LogP contribution in [0.25, 0.3) is 11.3 Å². The summed E-state index contributed by atoms with van der Waals surface area (Å²) in [6, 6.07) is 11.4.